The van der Waals surface area contributed by atoms with E-state index in [1.165, 1.54) is 18.0 Å². The maximum absolute atomic E-state index is 12.6. The molecule has 6 nitrogen and oxygen atoms in total. The molecule has 12 heteroatoms. The highest BCUT2D eigenvalue weighted by Gasteiger charge is 2.29. The Morgan fingerprint density at radius 3 is 2.68 bits per heavy atom. The third-order valence-corrected chi connectivity index (χ3v) is 4.63. The van der Waals surface area contributed by atoms with Crippen LogP contribution in [0.1, 0.15) is 12.8 Å². The number of nitrogens with one attached hydrogen (secondary N) is 2. The van der Waals surface area contributed by atoms with Gasteiger partial charge in [-0.3, -0.25) is 9.89 Å². The van der Waals surface area contributed by atoms with Gasteiger partial charge in [0.25, 0.3) is 0 Å². The molecule has 0 aromatic heterocycles. The molecule has 2 N–H and O–H groups in total. The van der Waals surface area contributed by atoms with Crippen LogP contribution < -0.4 is 20.3 Å². The van der Waals surface area contributed by atoms with Crippen LogP contribution in [0.5, 0.6) is 5.75 Å². The summed E-state index contributed by atoms with van der Waals surface area (Å²) in [6, 6.07) is 6.71. The van der Waals surface area contributed by atoms with Crippen molar-refractivity contribution in [3.63, 3.8) is 0 Å². The number of para-hydroxylation sites is 2. The van der Waals surface area contributed by atoms with Gasteiger partial charge in [0, 0.05) is 32.7 Å². The minimum atomic E-state index is -4.20. The van der Waals surface area contributed by atoms with Crippen LogP contribution >= 0.6 is 24.0 Å². The molecule has 0 spiro atoms. The summed E-state index contributed by atoms with van der Waals surface area (Å²) in [5.74, 6) is 0.691. The maximum Gasteiger partial charge on any atom is 0.401 e. The summed E-state index contributed by atoms with van der Waals surface area (Å²) in [6.07, 6.45) is -2.90. The second-order valence-corrected chi connectivity index (χ2v) is 7.13. The highest BCUT2D eigenvalue weighted by atomic mass is 127. The Balaban J connectivity index is 0.00000480. The fourth-order valence-electron chi connectivity index (χ4n) is 3.34. The van der Waals surface area contributed by atoms with Gasteiger partial charge in [0.2, 0.25) is 0 Å². The molecule has 0 bridgehead atoms. The lowest BCUT2D eigenvalue weighted by atomic mass is 10.2. The van der Waals surface area contributed by atoms with E-state index in [0.29, 0.717) is 44.2 Å². The number of alkyl halides is 5. The lowest BCUT2D eigenvalue weighted by Crippen LogP contribution is -2.45. The molecule has 0 aliphatic carbocycles. The van der Waals surface area contributed by atoms with Crippen LogP contribution in [0, 0.1) is 0 Å². The van der Waals surface area contributed by atoms with E-state index in [1.54, 1.807) is 25.2 Å². The molecule has 1 atom stereocenters. The number of ether oxygens (including phenoxy) is 1. The van der Waals surface area contributed by atoms with Crippen LogP contribution in [0.3, 0.4) is 0 Å². The van der Waals surface area contributed by atoms with E-state index in [0.717, 1.165) is 6.42 Å². The van der Waals surface area contributed by atoms with Crippen molar-refractivity contribution in [3.05, 3.63) is 24.3 Å². The number of halogens is 6. The number of rotatable bonds is 9. The zero-order valence-electron chi connectivity index (χ0n) is 17.5. The highest BCUT2D eigenvalue weighted by molar-refractivity contribution is 14.0. The molecule has 1 heterocycles. The third kappa shape index (κ3) is 10.1. The lowest BCUT2D eigenvalue weighted by Gasteiger charge is -2.23. The minimum Gasteiger partial charge on any atom is -0.433 e. The summed E-state index contributed by atoms with van der Waals surface area (Å²) in [6.45, 7) is -1.79. The molecule has 2 rings (SSSR count). The Morgan fingerprint density at radius 2 is 2.03 bits per heavy atom. The van der Waals surface area contributed by atoms with Crippen LogP contribution in [0.4, 0.5) is 27.6 Å². The molecule has 1 fully saturated rings. The lowest BCUT2D eigenvalue weighted by molar-refractivity contribution is -0.143. The molecule has 0 radical (unpaired) electrons. The number of nitrogens with zero attached hydrogens (tertiary/aromatic N) is 3. The van der Waals surface area contributed by atoms with Gasteiger partial charge in [-0.1, -0.05) is 12.1 Å². The number of aliphatic imine (C=N–C) groups is 1. The van der Waals surface area contributed by atoms with Crippen molar-refractivity contribution in [2.45, 2.75) is 31.7 Å². The molecular formula is C19H29F5IN5O. The van der Waals surface area contributed by atoms with E-state index in [-0.39, 0.29) is 35.8 Å². The second-order valence-electron chi connectivity index (χ2n) is 7.13. The van der Waals surface area contributed by atoms with E-state index in [1.807, 2.05) is 4.90 Å². The van der Waals surface area contributed by atoms with E-state index >= 15 is 0 Å². The second kappa shape index (κ2) is 13.1. The minimum absolute atomic E-state index is 0. The molecule has 0 amide bonds. The maximum atomic E-state index is 12.6. The van der Waals surface area contributed by atoms with Crippen LogP contribution in [-0.2, 0) is 0 Å². The molecule has 1 aliphatic rings. The molecule has 1 saturated heterocycles. The molecule has 1 aromatic rings. The average molecular weight is 565 g/mol. The van der Waals surface area contributed by atoms with Gasteiger partial charge in [0.15, 0.2) is 5.96 Å². The van der Waals surface area contributed by atoms with Crippen LogP contribution in [-0.4, -0.2) is 76.5 Å². The Hall–Kier alpha value is -1.57. The summed E-state index contributed by atoms with van der Waals surface area (Å²) in [4.78, 5) is 7.34. The Bertz CT molecular complexity index is 692. The summed E-state index contributed by atoms with van der Waals surface area (Å²) < 4.78 is 66.8. The molecule has 1 aliphatic heterocycles. The zero-order valence-corrected chi connectivity index (χ0v) is 19.8. The van der Waals surface area contributed by atoms with E-state index in [2.05, 4.69) is 20.4 Å². The zero-order chi connectivity index (χ0) is 22.1. The normalized spacial score (nSPS) is 17.1. The van der Waals surface area contributed by atoms with Gasteiger partial charge in [0.05, 0.1) is 12.2 Å². The highest BCUT2D eigenvalue weighted by Crippen LogP contribution is 2.31. The van der Waals surface area contributed by atoms with Crippen LogP contribution in [0.25, 0.3) is 0 Å². The van der Waals surface area contributed by atoms with Crippen LogP contribution in [0.2, 0.25) is 0 Å². The number of guanidine groups is 1. The monoisotopic (exact) mass is 565 g/mol. The first-order chi connectivity index (χ1) is 14.2. The summed E-state index contributed by atoms with van der Waals surface area (Å²) in [7, 11) is 3.05. The number of hydrogen-bond acceptors (Lipinski definition) is 4. The summed E-state index contributed by atoms with van der Waals surface area (Å²) in [5, 5.41) is 6.36. The van der Waals surface area contributed by atoms with Gasteiger partial charge in [-0.15, -0.1) is 24.0 Å². The van der Waals surface area contributed by atoms with Crippen LogP contribution in [0.15, 0.2) is 29.3 Å². The van der Waals surface area contributed by atoms with Crippen molar-refractivity contribution in [3.8, 4) is 5.75 Å². The van der Waals surface area contributed by atoms with Gasteiger partial charge < -0.3 is 20.3 Å². The van der Waals surface area contributed by atoms with Crippen molar-refractivity contribution in [1.82, 2.24) is 15.5 Å². The molecule has 0 saturated carbocycles. The fraction of sp³-hybridized carbons (Fsp3) is 0.632. The fourth-order valence-corrected chi connectivity index (χ4v) is 3.34. The van der Waals surface area contributed by atoms with Crippen molar-refractivity contribution in [2.75, 3.05) is 51.7 Å². The van der Waals surface area contributed by atoms with E-state index in [9.17, 15) is 22.0 Å². The van der Waals surface area contributed by atoms with E-state index in [4.69, 9.17) is 0 Å². The predicted octanol–water partition coefficient (Wildman–Crippen LogP) is 3.53. The number of benzene rings is 1. The van der Waals surface area contributed by atoms with Gasteiger partial charge >= 0.3 is 12.8 Å². The molecule has 31 heavy (non-hydrogen) atoms. The Kier molecular flexibility index (Phi) is 11.6. The molecule has 1 unspecified atom stereocenters. The summed E-state index contributed by atoms with van der Waals surface area (Å²) >= 11 is 0. The van der Waals surface area contributed by atoms with Crippen molar-refractivity contribution in [1.29, 1.82) is 0 Å². The SMILES string of the molecule is CN=C(NCCCN(C)CC(F)(F)F)NC1CCN(c2ccccc2OC(F)F)C1.I. The van der Waals surface area contributed by atoms with Gasteiger partial charge in [0.1, 0.15) is 5.75 Å². The predicted molar refractivity (Wildman–Crippen MR) is 122 cm³/mol. The first-order valence-electron chi connectivity index (χ1n) is 9.69. The number of anilines is 1. The number of hydrogen-bond donors (Lipinski definition) is 2. The first kappa shape index (κ1) is 27.5. The molecule has 178 valence electrons. The smallest absolute Gasteiger partial charge is 0.401 e. The topological polar surface area (TPSA) is 52.1 Å². The van der Waals surface area contributed by atoms with Gasteiger partial charge in [-0.2, -0.15) is 22.0 Å². The average Bonchev–Trinajstić information content (AvgIpc) is 3.11. The Labute approximate surface area is 196 Å². The van der Waals surface area contributed by atoms with Gasteiger partial charge in [-0.25, -0.2) is 0 Å². The Morgan fingerprint density at radius 1 is 1.32 bits per heavy atom. The summed E-state index contributed by atoms with van der Waals surface area (Å²) in [5.41, 5.74) is 0.609. The quantitative estimate of drug-likeness (QED) is 0.158. The molecule has 1 aromatic carbocycles. The molecular weight excluding hydrogens is 536 g/mol. The largest absolute Gasteiger partial charge is 0.433 e. The van der Waals surface area contributed by atoms with E-state index < -0.39 is 19.3 Å². The van der Waals surface area contributed by atoms with Crippen molar-refractivity contribution >= 4 is 35.6 Å². The van der Waals surface area contributed by atoms with Gasteiger partial charge in [-0.05, 0) is 38.6 Å². The standard InChI is InChI=1S/C19H28F5N5O.HI/c1-25-18(26-9-5-10-28(2)13-19(22,23)24)27-14-8-11-29(12-14)15-6-3-4-7-16(15)30-17(20)21;/h3-4,6-7,14,17H,5,8-13H2,1-2H3,(H2,25,26,27);1H. The van der Waals surface area contributed by atoms with Crippen molar-refractivity contribution in [2.24, 2.45) is 4.99 Å². The first-order valence-corrected chi connectivity index (χ1v) is 9.69. The van der Waals surface area contributed by atoms with Crippen molar-refractivity contribution < 1.29 is 26.7 Å². The third-order valence-electron chi connectivity index (χ3n) is 4.63.